The topological polar surface area (TPSA) is 46.3 Å². The molecule has 0 bridgehead atoms. The Morgan fingerprint density at radius 2 is 1.55 bits per heavy atom. The fourth-order valence-electron chi connectivity index (χ4n) is 2.33. The lowest BCUT2D eigenvalue weighted by Crippen LogP contribution is -2.47. The van der Waals surface area contributed by atoms with Crippen molar-refractivity contribution < 1.29 is 4.79 Å². The minimum atomic E-state index is -0.449. The maximum absolute atomic E-state index is 12.5. The number of hydrogen-bond donors (Lipinski definition) is 1. The second-order valence-corrected chi connectivity index (χ2v) is 6.33. The fourth-order valence-corrected chi connectivity index (χ4v) is 2.33. The highest BCUT2D eigenvalue weighted by Gasteiger charge is 2.22. The molecule has 0 saturated heterocycles. The van der Waals surface area contributed by atoms with Crippen molar-refractivity contribution in [1.82, 2.24) is 4.90 Å². The second-order valence-electron chi connectivity index (χ2n) is 6.33. The number of nitrogens with two attached hydrogens (primary N) is 1. The lowest BCUT2D eigenvalue weighted by atomic mass is 10.0. The first-order chi connectivity index (χ1) is 9.40. The standard InChI is InChI=1S/C17H28N2O/c1-13(2)11-19(12-14(3)4)17(20)16(18)10-15-8-6-5-7-9-15/h5-9,13-14,16H,10-12,18H2,1-4H3. The van der Waals surface area contributed by atoms with Crippen LogP contribution in [0.1, 0.15) is 33.3 Å². The van der Waals surface area contributed by atoms with E-state index in [0.29, 0.717) is 18.3 Å². The van der Waals surface area contributed by atoms with Crippen LogP contribution in [-0.2, 0) is 11.2 Å². The molecule has 1 atom stereocenters. The molecule has 0 aromatic heterocycles. The molecule has 0 heterocycles. The second kappa shape index (κ2) is 8.05. The average Bonchev–Trinajstić information content (AvgIpc) is 2.37. The van der Waals surface area contributed by atoms with Crippen LogP contribution in [-0.4, -0.2) is 29.9 Å². The minimum Gasteiger partial charge on any atom is -0.341 e. The number of hydrogen-bond acceptors (Lipinski definition) is 2. The molecule has 1 unspecified atom stereocenters. The molecule has 3 heteroatoms. The lowest BCUT2D eigenvalue weighted by molar-refractivity contribution is -0.133. The van der Waals surface area contributed by atoms with E-state index in [1.165, 1.54) is 0 Å². The molecule has 0 aliphatic carbocycles. The number of amides is 1. The van der Waals surface area contributed by atoms with E-state index in [9.17, 15) is 4.79 Å². The van der Waals surface area contributed by atoms with E-state index in [-0.39, 0.29) is 5.91 Å². The fraction of sp³-hybridized carbons (Fsp3) is 0.588. The first kappa shape index (κ1) is 16.7. The van der Waals surface area contributed by atoms with Crippen LogP contribution in [0.4, 0.5) is 0 Å². The summed E-state index contributed by atoms with van der Waals surface area (Å²) in [5.41, 5.74) is 7.22. The molecule has 20 heavy (non-hydrogen) atoms. The summed E-state index contributed by atoms with van der Waals surface area (Å²) < 4.78 is 0. The molecule has 0 aliphatic rings. The Labute approximate surface area is 123 Å². The van der Waals surface area contributed by atoms with Gasteiger partial charge in [-0.15, -0.1) is 0 Å². The third kappa shape index (κ3) is 5.74. The Balaban J connectivity index is 2.67. The maximum atomic E-state index is 12.5. The average molecular weight is 276 g/mol. The Morgan fingerprint density at radius 1 is 1.05 bits per heavy atom. The highest BCUT2D eigenvalue weighted by Crippen LogP contribution is 2.09. The van der Waals surface area contributed by atoms with E-state index >= 15 is 0 Å². The van der Waals surface area contributed by atoms with Gasteiger partial charge in [-0.3, -0.25) is 4.79 Å². The smallest absolute Gasteiger partial charge is 0.239 e. The number of benzene rings is 1. The molecule has 0 spiro atoms. The molecule has 0 saturated carbocycles. The Hall–Kier alpha value is -1.35. The van der Waals surface area contributed by atoms with Gasteiger partial charge in [-0.25, -0.2) is 0 Å². The zero-order valence-electron chi connectivity index (χ0n) is 13.2. The summed E-state index contributed by atoms with van der Waals surface area (Å²) in [5.74, 6) is 0.986. The normalized spacial score (nSPS) is 12.8. The van der Waals surface area contributed by atoms with Crippen LogP contribution in [0.3, 0.4) is 0 Å². The van der Waals surface area contributed by atoms with Crippen LogP contribution < -0.4 is 5.73 Å². The van der Waals surface area contributed by atoms with Gasteiger partial charge in [-0.2, -0.15) is 0 Å². The minimum absolute atomic E-state index is 0.0660. The predicted octanol–water partition coefficient (Wildman–Crippen LogP) is 2.70. The van der Waals surface area contributed by atoms with Crippen LogP contribution in [0.5, 0.6) is 0 Å². The zero-order chi connectivity index (χ0) is 15.1. The molecule has 2 N–H and O–H groups in total. The van der Waals surface area contributed by atoms with Gasteiger partial charge in [-0.05, 0) is 23.8 Å². The van der Waals surface area contributed by atoms with Crippen LogP contribution in [0.15, 0.2) is 30.3 Å². The van der Waals surface area contributed by atoms with E-state index in [2.05, 4.69) is 27.7 Å². The van der Waals surface area contributed by atoms with Crippen LogP contribution in [0.2, 0.25) is 0 Å². The molecule has 112 valence electrons. The van der Waals surface area contributed by atoms with Gasteiger partial charge in [0.25, 0.3) is 0 Å². The van der Waals surface area contributed by atoms with Crippen molar-refractivity contribution >= 4 is 5.91 Å². The summed E-state index contributed by atoms with van der Waals surface area (Å²) in [7, 11) is 0. The summed E-state index contributed by atoms with van der Waals surface area (Å²) >= 11 is 0. The van der Waals surface area contributed by atoms with Crippen molar-refractivity contribution in [3.63, 3.8) is 0 Å². The molecule has 0 aliphatic heterocycles. The van der Waals surface area contributed by atoms with Crippen molar-refractivity contribution in [1.29, 1.82) is 0 Å². The lowest BCUT2D eigenvalue weighted by Gasteiger charge is -2.29. The molecule has 3 nitrogen and oxygen atoms in total. The summed E-state index contributed by atoms with van der Waals surface area (Å²) in [6.07, 6.45) is 0.604. The Bertz CT molecular complexity index is 391. The number of rotatable bonds is 7. The molecule has 1 aromatic rings. The van der Waals surface area contributed by atoms with Crippen LogP contribution >= 0.6 is 0 Å². The van der Waals surface area contributed by atoms with Crippen LogP contribution in [0.25, 0.3) is 0 Å². The highest BCUT2D eigenvalue weighted by molar-refractivity contribution is 5.82. The maximum Gasteiger partial charge on any atom is 0.239 e. The quantitative estimate of drug-likeness (QED) is 0.832. The number of carbonyl (C=O) groups is 1. The summed E-state index contributed by atoms with van der Waals surface area (Å²) in [5, 5.41) is 0. The largest absolute Gasteiger partial charge is 0.341 e. The Morgan fingerprint density at radius 3 is 2.00 bits per heavy atom. The van der Waals surface area contributed by atoms with E-state index in [1.807, 2.05) is 35.2 Å². The van der Waals surface area contributed by atoms with Crippen molar-refractivity contribution in [3.8, 4) is 0 Å². The molecule has 1 rings (SSSR count). The van der Waals surface area contributed by atoms with Gasteiger partial charge in [0.2, 0.25) is 5.91 Å². The van der Waals surface area contributed by atoms with E-state index in [4.69, 9.17) is 5.73 Å². The third-order valence-electron chi connectivity index (χ3n) is 3.10. The van der Waals surface area contributed by atoms with Crippen LogP contribution in [0, 0.1) is 11.8 Å². The molecular weight excluding hydrogens is 248 g/mol. The number of carbonyl (C=O) groups excluding carboxylic acids is 1. The van der Waals surface area contributed by atoms with Gasteiger partial charge in [0.15, 0.2) is 0 Å². The van der Waals surface area contributed by atoms with Gasteiger partial charge in [0.05, 0.1) is 6.04 Å². The molecule has 1 amide bonds. The van der Waals surface area contributed by atoms with Gasteiger partial charge < -0.3 is 10.6 Å². The van der Waals surface area contributed by atoms with E-state index in [0.717, 1.165) is 18.7 Å². The molecule has 1 aromatic carbocycles. The highest BCUT2D eigenvalue weighted by atomic mass is 16.2. The van der Waals surface area contributed by atoms with Crippen molar-refractivity contribution in [3.05, 3.63) is 35.9 Å². The first-order valence-corrected chi connectivity index (χ1v) is 7.48. The van der Waals surface area contributed by atoms with Gasteiger partial charge in [0, 0.05) is 13.1 Å². The van der Waals surface area contributed by atoms with E-state index < -0.39 is 6.04 Å². The Kier molecular flexibility index (Phi) is 6.73. The molecular formula is C17H28N2O. The number of nitrogens with zero attached hydrogens (tertiary/aromatic N) is 1. The summed E-state index contributed by atoms with van der Waals surface area (Å²) in [4.78, 5) is 14.4. The molecule has 0 fully saturated rings. The summed E-state index contributed by atoms with van der Waals surface area (Å²) in [6, 6.07) is 9.51. The zero-order valence-corrected chi connectivity index (χ0v) is 13.2. The first-order valence-electron chi connectivity index (χ1n) is 7.48. The van der Waals surface area contributed by atoms with Crippen molar-refractivity contribution in [2.45, 2.75) is 40.2 Å². The van der Waals surface area contributed by atoms with E-state index in [1.54, 1.807) is 0 Å². The monoisotopic (exact) mass is 276 g/mol. The third-order valence-corrected chi connectivity index (χ3v) is 3.10. The SMILES string of the molecule is CC(C)CN(CC(C)C)C(=O)C(N)Cc1ccccc1. The summed E-state index contributed by atoms with van der Waals surface area (Å²) in [6.45, 7) is 10.1. The van der Waals surface area contributed by atoms with Gasteiger partial charge in [0.1, 0.15) is 0 Å². The predicted molar refractivity (Wildman–Crippen MR) is 84.4 cm³/mol. The van der Waals surface area contributed by atoms with Gasteiger partial charge >= 0.3 is 0 Å². The van der Waals surface area contributed by atoms with Crippen molar-refractivity contribution in [2.75, 3.05) is 13.1 Å². The van der Waals surface area contributed by atoms with Crippen molar-refractivity contribution in [2.24, 2.45) is 17.6 Å². The van der Waals surface area contributed by atoms with Gasteiger partial charge in [-0.1, -0.05) is 58.0 Å². The molecule has 0 radical (unpaired) electrons.